The Hall–Kier alpha value is -0.970. The van der Waals surface area contributed by atoms with Gasteiger partial charge in [0.2, 0.25) is 0 Å². The third-order valence-electron chi connectivity index (χ3n) is 4.37. The molecule has 0 atom stereocenters. The van der Waals surface area contributed by atoms with Crippen LogP contribution in [0, 0.1) is 18.3 Å². The van der Waals surface area contributed by atoms with Gasteiger partial charge in [-0.1, -0.05) is 4.49 Å². The molecule has 2 aliphatic carbocycles. The number of hydrogen-bond acceptors (Lipinski definition) is 4. The van der Waals surface area contributed by atoms with Crippen LogP contribution >= 0.6 is 11.5 Å². The highest BCUT2D eigenvalue weighted by molar-refractivity contribution is 7.07. The molecular formula is C12H17N3OS. The van der Waals surface area contributed by atoms with Crippen LogP contribution in [0.15, 0.2) is 0 Å². The number of carbonyl (C=O) groups excluding carboxylic acids is 1. The van der Waals surface area contributed by atoms with E-state index in [1.807, 2.05) is 6.92 Å². The highest BCUT2D eigenvalue weighted by Crippen LogP contribution is 2.53. The lowest BCUT2D eigenvalue weighted by Gasteiger charge is -2.26. The Balaban J connectivity index is 1.61. The number of fused-ring (bicyclic) bond motifs is 2. The summed E-state index contributed by atoms with van der Waals surface area (Å²) in [5.74, 6) is 0.931. The summed E-state index contributed by atoms with van der Waals surface area (Å²) in [6.45, 7) is 2.66. The number of carbonyl (C=O) groups is 1. The Kier molecular flexibility index (Phi) is 2.65. The van der Waals surface area contributed by atoms with Gasteiger partial charge >= 0.3 is 0 Å². The maximum absolute atomic E-state index is 12.0. The molecule has 2 aliphatic rings. The molecule has 1 amide bonds. The molecule has 1 N–H and O–H groups in total. The van der Waals surface area contributed by atoms with E-state index in [0.717, 1.165) is 18.2 Å². The lowest BCUT2D eigenvalue weighted by atomic mass is 9.84. The van der Waals surface area contributed by atoms with Crippen LogP contribution in [-0.4, -0.2) is 22.0 Å². The number of aromatic nitrogens is 2. The van der Waals surface area contributed by atoms with E-state index in [0.29, 0.717) is 10.3 Å². The van der Waals surface area contributed by atoms with Gasteiger partial charge in [0, 0.05) is 6.54 Å². The van der Waals surface area contributed by atoms with Crippen LogP contribution < -0.4 is 5.32 Å². The van der Waals surface area contributed by atoms with Gasteiger partial charge in [-0.25, -0.2) is 0 Å². The second kappa shape index (κ2) is 4.05. The van der Waals surface area contributed by atoms with E-state index in [-0.39, 0.29) is 5.91 Å². The average Bonchev–Trinajstić information content (AvgIpc) is 3.01. The van der Waals surface area contributed by atoms with Gasteiger partial charge in [-0.2, -0.15) is 0 Å². The lowest BCUT2D eigenvalue weighted by molar-refractivity contribution is 0.0934. The van der Waals surface area contributed by atoms with Gasteiger partial charge in [0.15, 0.2) is 0 Å². The molecule has 2 fully saturated rings. The number of hydrogen-bond donors (Lipinski definition) is 1. The lowest BCUT2D eigenvalue weighted by Crippen LogP contribution is -2.35. The first-order chi connectivity index (χ1) is 8.19. The molecule has 0 saturated heterocycles. The van der Waals surface area contributed by atoms with Crippen LogP contribution in [0.4, 0.5) is 0 Å². The van der Waals surface area contributed by atoms with E-state index in [1.54, 1.807) is 0 Å². The SMILES string of the molecule is Cc1nnsc1C(=O)NCC12CCC(CC1)C2. The van der Waals surface area contributed by atoms with Gasteiger partial charge < -0.3 is 5.32 Å². The molecule has 1 aromatic rings. The summed E-state index contributed by atoms with van der Waals surface area (Å²) in [4.78, 5) is 12.6. The standard InChI is InChI=1S/C12H17N3OS/c1-8-10(17-15-14-8)11(16)13-7-12-4-2-9(6-12)3-5-12/h9H,2-7H2,1H3,(H,13,16). The van der Waals surface area contributed by atoms with E-state index in [4.69, 9.17) is 0 Å². The summed E-state index contributed by atoms with van der Waals surface area (Å²) in [5.41, 5.74) is 1.15. The summed E-state index contributed by atoms with van der Waals surface area (Å²) >= 11 is 1.18. The summed E-state index contributed by atoms with van der Waals surface area (Å²) < 4.78 is 3.80. The van der Waals surface area contributed by atoms with Gasteiger partial charge in [0.25, 0.3) is 5.91 Å². The molecule has 0 spiro atoms. The van der Waals surface area contributed by atoms with Crippen LogP contribution in [0.1, 0.15) is 47.5 Å². The molecule has 0 aromatic carbocycles. The summed E-state index contributed by atoms with van der Waals surface area (Å²) in [6.07, 6.45) is 6.61. The highest BCUT2D eigenvalue weighted by Gasteiger charge is 2.44. The van der Waals surface area contributed by atoms with E-state index >= 15 is 0 Å². The molecule has 0 unspecified atom stereocenters. The van der Waals surface area contributed by atoms with Crippen LogP contribution in [0.2, 0.25) is 0 Å². The number of amides is 1. The molecule has 17 heavy (non-hydrogen) atoms. The van der Waals surface area contributed by atoms with Crippen molar-refractivity contribution in [3.05, 3.63) is 10.6 Å². The maximum Gasteiger partial charge on any atom is 0.264 e. The third kappa shape index (κ3) is 1.97. The van der Waals surface area contributed by atoms with Crippen LogP contribution in [0.3, 0.4) is 0 Å². The van der Waals surface area contributed by atoms with Crippen molar-refractivity contribution in [3.63, 3.8) is 0 Å². The normalized spacial score (nSPS) is 30.8. The van der Waals surface area contributed by atoms with E-state index in [1.165, 1.54) is 43.6 Å². The van der Waals surface area contributed by atoms with E-state index < -0.39 is 0 Å². The summed E-state index contributed by atoms with van der Waals surface area (Å²) in [5, 5.41) is 6.95. The average molecular weight is 251 g/mol. The first kappa shape index (κ1) is 11.1. The molecule has 2 saturated carbocycles. The van der Waals surface area contributed by atoms with Crippen LogP contribution in [0.25, 0.3) is 0 Å². The molecule has 4 nitrogen and oxygen atoms in total. The Bertz CT molecular complexity index is 435. The monoisotopic (exact) mass is 251 g/mol. The minimum absolute atomic E-state index is 0.00206. The minimum atomic E-state index is 0.00206. The summed E-state index contributed by atoms with van der Waals surface area (Å²) in [7, 11) is 0. The predicted molar refractivity (Wildman–Crippen MR) is 66.0 cm³/mol. The Morgan fingerprint density at radius 3 is 2.82 bits per heavy atom. The fraction of sp³-hybridized carbons (Fsp3) is 0.750. The molecule has 1 heterocycles. The molecule has 5 heteroatoms. The molecule has 92 valence electrons. The second-order valence-electron chi connectivity index (χ2n) is 5.52. The smallest absolute Gasteiger partial charge is 0.264 e. The van der Waals surface area contributed by atoms with Crippen molar-refractivity contribution >= 4 is 17.4 Å². The fourth-order valence-electron chi connectivity index (χ4n) is 3.35. The quantitative estimate of drug-likeness (QED) is 0.895. The van der Waals surface area contributed by atoms with Crippen molar-refractivity contribution in [2.24, 2.45) is 11.3 Å². The predicted octanol–water partition coefficient (Wildman–Crippen LogP) is 2.16. The third-order valence-corrected chi connectivity index (χ3v) is 5.20. The van der Waals surface area contributed by atoms with Gasteiger partial charge in [0.05, 0.1) is 5.69 Å². The topological polar surface area (TPSA) is 54.9 Å². The zero-order chi connectivity index (χ0) is 11.9. The second-order valence-corrected chi connectivity index (χ2v) is 6.27. The number of nitrogens with zero attached hydrogens (tertiary/aromatic N) is 2. The van der Waals surface area contributed by atoms with Gasteiger partial charge in [-0.15, -0.1) is 5.10 Å². The number of rotatable bonds is 3. The van der Waals surface area contributed by atoms with Crippen molar-refractivity contribution in [2.75, 3.05) is 6.54 Å². The van der Waals surface area contributed by atoms with Crippen molar-refractivity contribution in [1.82, 2.24) is 14.9 Å². The first-order valence-electron chi connectivity index (χ1n) is 6.26. The number of aryl methyl sites for hydroxylation is 1. The fourth-order valence-corrected chi connectivity index (χ4v) is 3.92. The Labute approximate surface area is 105 Å². The zero-order valence-corrected chi connectivity index (χ0v) is 10.8. The number of nitrogens with one attached hydrogen (secondary N) is 1. The first-order valence-corrected chi connectivity index (χ1v) is 7.03. The molecule has 1 aromatic heterocycles. The largest absolute Gasteiger partial charge is 0.351 e. The van der Waals surface area contributed by atoms with Crippen molar-refractivity contribution < 1.29 is 4.79 Å². The molecular weight excluding hydrogens is 234 g/mol. The van der Waals surface area contributed by atoms with Crippen molar-refractivity contribution in [3.8, 4) is 0 Å². The van der Waals surface area contributed by atoms with Crippen molar-refractivity contribution in [1.29, 1.82) is 0 Å². The molecule has 0 radical (unpaired) electrons. The van der Waals surface area contributed by atoms with Gasteiger partial charge in [-0.05, 0) is 61.9 Å². The molecule has 3 rings (SSSR count). The molecule has 0 aliphatic heterocycles. The van der Waals surface area contributed by atoms with Crippen LogP contribution in [-0.2, 0) is 0 Å². The van der Waals surface area contributed by atoms with Crippen molar-refractivity contribution in [2.45, 2.75) is 39.0 Å². The van der Waals surface area contributed by atoms with Gasteiger partial charge in [0.1, 0.15) is 4.88 Å². The van der Waals surface area contributed by atoms with Gasteiger partial charge in [-0.3, -0.25) is 4.79 Å². The zero-order valence-electron chi connectivity index (χ0n) is 10.0. The van der Waals surface area contributed by atoms with E-state index in [9.17, 15) is 4.79 Å². The Morgan fingerprint density at radius 2 is 2.29 bits per heavy atom. The Morgan fingerprint density at radius 1 is 1.53 bits per heavy atom. The maximum atomic E-state index is 12.0. The molecule has 2 bridgehead atoms. The summed E-state index contributed by atoms with van der Waals surface area (Å²) in [6, 6.07) is 0. The van der Waals surface area contributed by atoms with E-state index in [2.05, 4.69) is 14.9 Å². The van der Waals surface area contributed by atoms with Crippen LogP contribution in [0.5, 0.6) is 0 Å². The minimum Gasteiger partial charge on any atom is -0.351 e. The highest BCUT2D eigenvalue weighted by atomic mass is 32.1.